The Bertz CT molecular complexity index is 1230. The van der Waals surface area contributed by atoms with Crippen LogP contribution in [0.2, 0.25) is 0 Å². The molecule has 180 valence electrons. The Morgan fingerprint density at radius 2 is 1.41 bits per heavy atom. The fourth-order valence-corrected chi connectivity index (χ4v) is 4.94. The van der Waals surface area contributed by atoms with Crippen LogP contribution in [0.15, 0.2) is 67.0 Å². The summed E-state index contributed by atoms with van der Waals surface area (Å²) in [6.45, 7) is -0.0859. The van der Waals surface area contributed by atoms with Gasteiger partial charge in [0.1, 0.15) is 5.82 Å². The fraction of sp³-hybridized carbons (Fsp3) is 0.292. The number of alkyl halides is 3. The summed E-state index contributed by atoms with van der Waals surface area (Å²) in [6.07, 6.45) is 4.66. The van der Waals surface area contributed by atoms with E-state index >= 15 is 0 Å². The Morgan fingerprint density at radius 3 is 2.03 bits per heavy atom. The van der Waals surface area contributed by atoms with E-state index in [1.165, 1.54) is 12.1 Å². The van der Waals surface area contributed by atoms with Crippen molar-refractivity contribution in [1.82, 2.24) is 9.29 Å². The van der Waals surface area contributed by atoms with Crippen LogP contribution in [0.4, 0.5) is 23.2 Å². The van der Waals surface area contributed by atoms with Crippen molar-refractivity contribution in [1.29, 1.82) is 0 Å². The Kier molecular flexibility index (Phi) is 6.90. The van der Waals surface area contributed by atoms with Crippen molar-refractivity contribution in [2.45, 2.75) is 18.3 Å². The van der Waals surface area contributed by atoms with Crippen LogP contribution in [0, 0.1) is 5.82 Å². The number of hydrogen-bond donors (Lipinski definition) is 0. The van der Waals surface area contributed by atoms with Crippen LogP contribution < -0.4 is 4.90 Å². The fourth-order valence-electron chi connectivity index (χ4n) is 4.00. The Balaban J connectivity index is 1.36. The van der Waals surface area contributed by atoms with Crippen molar-refractivity contribution < 1.29 is 26.0 Å². The molecule has 0 unspecified atom stereocenters. The molecule has 1 saturated heterocycles. The second-order valence-corrected chi connectivity index (χ2v) is 10.0. The van der Waals surface area contributed by atoms with Gasteiger partial charge in [-0.25, -0.2) is 12.8 Å². The average Bonchev–Trinajstić information content (AvgIpc) is 2.83. The van der Waals surface area contributed by atoms with E-state index in [0.717, 1.165) is 27.9 Å². The first-order valence-corrected chi connectivity index (χ1v) is 12.2. The van der Waals surface area contributed by atoms with Crippen LogP contribution in [0.1, 0.15) is 11.1 Å². The van der Waals surface area contributed by atoms with Gasteiger partial charge >= 0.3 is 15.5 Å². The quantitative estimate of drug-likeness (QED) is 0.470. The standard InChI is InChI=1S/C24H23F4N3O2S/c25-22-16-19(15-21(17-22)20-7-9-29-10-8-20)2-1-18-3-5-23(6-4-18)30-11-13-31(14-12-30)34(32,33)24(26,27)28/h3-10,15-17H,1-2,11-14H2. The molecule has 1 aliphatic rings. The second-order valence-electron chi connectivity index (χ2n) is 8.09. The summed E-state index contributed by atoms with van der Waals surface area (Å²) in [5, 5.41) is 0. The summed E-state index contributed by atoms with van der Waals surface area (Å²) < 4.78 is 76.0. The van der Waals surface area contributed by atoms with Crippen LogP contribution in [0.25, 0.3) is 11.1 Å². The number of halogens is 4. The van der Waals surface area contributed by atoms with E-state index < -0.39 is 15.5 Å². The molecule has 1 fully saturated rings. The number of sulfonamides is 1. The smallest absolute Gasteiger partial charge is 0.369 e. The number of rotatable bonds is 6. The highest BCUT2D eigenvalue weighted by Crippen LogP contribution is 2.28. The molecule has 0 N–H and O–H groups in total. The van der Waals surface area contributed by atoms with Gasteiger partial charge < -0.3 is 4.90 Å². The van der Waals surface area contributed by atoms with Crippen LogP contribution in [0.5, 0.6) is 0 Å². The first-order chi connectivity index (χ1) is 16.1. The van der Waals surface area contributed by atoms with Gasteiger partial charge in [0.15, 0.2) is 0 Å². The van der Waals surface area contributed by atoms with E-state index in [-0.39, 0.29) is 32.0 Å². The molecule has 0 aliphatic carbocycles. The zero-order chi connectivity index (χ0) is 24.3. The van der Waals surface area contributed by atoms with E-state index in [4.69, 9.17) is 0 Å². The van der Waals surface area contributed by atoms with Gasteiger partial charge in [-0.3, -0.25) is 4.98 Å². The molecule has 2 aromatic carbocycles. The third kappa shape index (κ3) is 5.39. The van der Waals surface area contributed by atoms with E-state index in [1.807, 2.05) is 47.4 Å². The summed E-state index contributed by atoms with van der Waals surface area (Å²) in [5.41, 5.74) is -0.867. The van der Waals surface area contributed by atoms with Gasteiger partial charge in [-0.15, -0.1) is 0 Å². The summed E-state index contributed by atoms with van der Waals surface area (Å²) in [5.74, 6) is -0.300. The molecule has 0 spiro atoms. The van der Waals surface area contributed by atoms with E-state index in [2.05, 4.69) is 4.98 Å². The third-order valence-corrected chi connectivity index (χ3v) is 7.48. The predicted molar refractivity (Wildman–Crippen MR) is 122 cm³/mol. The lowest BCUT2D eigenvalue weighted by Gasteiger charge is -2.35. The molecule has 4 rings (SSSR count). The number of nitrogens with zero attached hydrogens (tertiary/aromatic N) is 3. The molecule has 1 aliphatic heterocycles. The highest BCUT2D eigenvalue weighted by Gasteiger charge is 2.50. The lowest BCUT2D eigenvalue weighted by molar-refractivity contribution is -0.0490. The molecule has 0 saturated carbocycles. The maximum atomic E-state index is 14.1. The second kappa shape index (κ2) is 9.71. The maximum Gasteiger partial charge on any atom is 0.511 e. The largest absolute Gasteiger partial charge is 0.511 e. The number of piperazine rings is 1. The molecule has 3 aromatic rings. The number of aryl methyl sites for hydroxylation is 2. The molecular formula is C24H23F4N3O2S. The average molecular weight is 494 g/mol. The van der Waals surface area contributed by atoms with Crippen molar-refractivity contribution in [2.75, 3.05) is 31.1 Å². The number of aromatic nitrogens is 1. The predicted octanol–water partition coefficient (Wildman–Crippen LogP) is 4.64. The van der Waals surface area contributed by atoms with Gasteiger partial charge in [0.05, 0.1) is 0 Å². The van der Waals surface area contributed by atoms with Crippen molar-refractivity contribution in [3.05, 3.63) is 83.9 Å². The van der Waals surface area contributed by atoms with Gasteiger partial charge in [-0.05, 0) is 71.5 Å². The monoisotopic (exact) mass is 493 g/mol. The zero-order valence-corrected chi connectivity index (χ0v) is 19.0. The zero-order valence-electron chi connectivity index (χ0n) is 18.2. The van der Waals surface area contributed by atoms with Crippen LogP contribution in [-0.2, 0) is 22.9 Å². The SMILES string of the molecule is O=S(=O)(N1CCN(c2ccc(CCc3cc(F)cc(-c4ccncc4)c3)cc2)CC1)C(F)(F)F. The molecule has 5 nitrogen and oxygen atoms in total. The molecular weight excluding hydrogens is 470 g/mol. The lowest BCUT2D eigenvalue weighted by Crippen LogP contribution is -2.52. The Labute approximate surface area is 195 Å². The topological polar surface area (TPSA) is 53.5 Å². The maximum absolute atomic E-state index is 14.1. The lowest BCUT2D eigenvalue weighted by atomic mass is 9.99. The first kappa shape index (κ1) is 24.2. The van der Waals surface area contributed by atoms with Gasteiger partial charge in [0, 0.05) is 44.3 Å². The Hall–Kier alpha value is -2.98. The molecule has 0 atom stereocenters. The van der Waals surface area contributed by atoms with Crippen molar-refractivity contribution in [3.63, 3.8) is 0 Å². The number of pyridine rings is 1. The molecule has 0 amide bonds. The molecule has 2 heterocycles. The van der Waals surface area contributed by atoms with E-state index in [1.54, 1.807) is 12.4 Å². The highest BCUT2D eigenvalue weighted by molar-refractivity contribution is 7.90. The molecule has 0 radical (unpaired) electrons. The number of benzene rings is 2. The van der Waals surface area contributed by atoms with Gasteiger partial charge in [0.25, 0.3) is 0 Å². The van der Waals surface area contributed by atoms with Gasteiger partial charge in [-0.1, -0.05) is 18.2 Å². The highest BCUT2D eigenvalue weighted by atomic mass is 32.2. The third-order valence-electron chi connectivity index (χ3n) is 5.85. The van der Waals surface area contributed by atoms with Crippen molar-refractivity contribution in [3.8, 4) is 11.1 Å². The number of anilines is 1. The summed E-state index contributed by atoms with van der Waals surface area (Å²) >= 11 is 0. The Morgan fingerprint density at radius 1 is 0.794 bits per heavy atom. The molecule has 10 heteroatoms. The summed E-state index contributed by atoms with van der Waals surface area (Å²) in [7, 11) is -5.29. The first-order valence-electron chi connectivity index (χ1n) is 10.7. The minimum atomic E-state index is -5.29. The summed E-state index contributed by atoms with van der Waals surface area (Å²) in [4.78, 5) is 5.85. The van der Waals surface area contributed by atoms with E-state index in [0.29, 0.717) is 17.1 Å². The molecule has 0 bridgehead atoms. The van der Waals surface area contributed by atoms with Crippen molar-refractivity contribution >= 4 is 15.7 Å². The van der Waals surface area contributed by atoms with Crippen molar-refractivity contribution in [2.24, 2.45) is 0 Å². The summed E-state index contributed by atoms with van der Waals surface area (Å²) in [6, 6.07) is 16.2. The normalized spacial score (nSPS) is 15.5. The van der Waals surface area contributed by atoms with E-state index in [9.17, 15) is 26.0 Å². The molecule has 1 aromatic heterocycles. The minimum absolute atomic E-state index is 0.176. The molecule has 34 heavy (non-hydrogen) atoms. The van der Waals surface area contributed by atoms with Crippen LogP contribution in [0.3, 0.4) is 0 Å². The van der Waals surface area contributed by atoms with Gasteiger partial charge in [-0.2, -0.15) is 17.5 Å². The van der Waals surface area contributed by atoms with Gasteiger partial charge in [0.2, 0.25) is 0 Å². The minimum Gasteiger partial charge on any atom is -0.369 e. The number of hydrogen-bond acceptors (Lipinski definition) is 4. The van der Waals surface area contributed by atoms with Crippen LogP contribution >= 0.6 is 0 Å². The van der Waals surface area contributed by atoms with Crippen LogP contribution in [-0.4, -0.2) is 49.4 Å².